The fourth-order valence-electron chi connectivity index (χ4n) is 3.22. The molecule has 1 saturated carbocycles. The first-order chi connectivity index (χ1) is 6.34. The highest BCUT2D eigenvalue weighted by Crippen LogP contribution is 2.49. The number of aromatic nitrogens is 1. The van der Waals surface area contributed by atoms with Gasteiger partial charge in [0.2, 0.25) is 0 Å². The molecule has 68 valence electrons. The summed E-state index contributed by atoms with van der Waals surface area (Å²) in [6.07, 6.45) is 5.98. The van der Waals surface area contributed by atoms with Crippen molar-refractivity contribution in [2.24, 2.45) is 11.8 Å². The van der Waals surface area contributed by atoms with Crippen LogP contribution >= 0.6 is 0 Å². The molecule has 13 heavy (non-hydrogen) atoms. The SMILES string of the molecule is C[C@@H]1C[C@@H]2Cc3ncccc3[C@@H]2C1. The molecule has 1 aromatic rings. The summed E-state index contributed by atoms with van der Waals surface area (Å²) in [7, 11) is 0. The monoisotopic (exact) mass is 173 g/mol. The lowest BCUT2D eigenvalue weighted by Crippen LogP contribution is -1.97. The third-order valence-corrected chi connectivity index (χ3v) is 3.71. The highest BCUT2D eigenvalue weighted by molar-refractivity contribution is 5.32. The van der Waals surface area contributed by atoms with Gasteiger partial charge in [0, 0.05) is 11.9 Å². The molecule has 1 heterocycles. The van der Waals surface area contributed by atoms with Crippen molar-refractivity contribution in [2.45, 2.75) is 32.1 Å². The summed E-state index contributed by atoms with van der Waals surface area (Å²) in [6.45, 7) is 2.38. The Morgan fingerprint density at radius 1 is 1.38 bits per heavy atom. The molecular formula is C12H15N. The van der Waals surface area contributed by atoms with E-state index in [4.69, 9.17) is 0 Å². The van der Waals surface area contributed by atoms with Crippen LogP contribution in [0.1, 0.15) is 36.9 Å². The minimum absolute atomic E-state index is 0.846. The second-order valence-corrected chi connectivity index (χ2v) is 4.69. The Bertz CT molecular complexity index is 332. The van der Waals surface area contributed by atoms with E-state index >= 15 is 0 Å². The molecule has 0 amide bonds. The predicted molar refractivity (Wildman–Crippen MR) is 52.6 cm³/mol. The van der Waals surface area contributed by atoms with E-state index in [0.29, 0.717) is 0 Å². The molecule has 3 atom stereocenters. The Morgan fingerprint density at radius 2 is 2.31 bits per heavy atom. The molecule has 0 saturated heterocycles. The van der Waals surface area contributed by atoms with Gasteiger partial charge in [0.1, 0.15) is 0 Å². The summed E-state index contributed by atoms with van der Waals surface area (Å²) in [5.74, 6) is 2.70. The average molecular weight is 173 g/mol. The van der Waals surface area contributed by atoms with Gasteiger partial charge < -0.3 is 0 Å². The Balaban J connectivity index is 2.02. The van der Waals surface area contributed by atoms with E-state index in [1.54, 1.807) is 5.56 Å². The molecule has 0 aromatic carbocycles. The van der Waals surface area contributed by atoms with Crippen molar-refractivity contribution >= 4 is 0 Å². The van der Waals surface area contributed by atoms with Crippen LogP contribution in [0.5, 0.6) is 0 Å². The largest absolute Gasteiger partial charge is 0.261 e. The van der Waals surface area contributed by atoms with Crippen LogP contribution < -0.4 is 0 Å². The van der Waals surface area contributed by atoms with Crippen LogP contribution in [0.4, 0.5) is 0 Å². The smallest absolute Gasteiger partial charge is 0.0441 e. The average Bonchev–Trinajstić information content (AvgIpc) is 2.60. The lowest BCUT2D eigenvalue weighted by atomic mass is 9.97. The normalized spacial score (nSPS) is 35.9. The van der Waals surface area contributed by atoms with Crippen LogP contribution in [0.25, 0.3) is 0 Å². The number of pyridine rings is 1. The van der Waals surface area contributed by atoms with Gasteiger partial charge >= 0.3 is 0 Å². The van der Waals surface area contributed by atoms with Gasteiger partial charge in [0.25, 0.3) is 0 Å². The van der Waals surface area contributed by atoms with Crippen molar-refractivity contribution in [1.82, 2.24) is 4.98 Å². The fraction of sp³-hybridized carbons (Fsp3) is 0.583. The topological polar surface area (TPSA) is 12.9 Å². The quantitative estimate of drug-likeness (QED) is 0.588. The summed E-state index contributed by atoms with van der Waals surface area (Å²) in [5.41, 5.74) is 2.93. The molecule has 2 aliphatic carbocycles. The Kier molecular flexibility index (Phi) is 1.49. The van der Waals surface area contributed by atoms with Crippen LogP contribution in [-0.4, -0.2) is 4.98 Å². The van der Waals surface area contributed by atoms with Crippen LogP contribution in [-0.2, 0) is 6.42 Å². The summed E-state index contributed by atoms with van der Waals surface area (Å²) in [5, 5.41) is 0. The number of nitrogens with zero attached hydrogens (tertiary/aromatic N) is 1. The lowest BCUT2D eigenvalue weighted by molar-refractivity contribution is 0.509. The molecule has 1 aromatic heterocycles. The molecule has 0 spiro atoms. The van der Waals surface area contributed by atoms with Gasteiger partial charge in [-0.15, -0.1) is 0 Å². The standard InChI is InChI=1S/C12H15N/c1-8-5-9-7-12-10(11(9)6-8)3-2-4-13-12/h2-4,8-9,11H,5-7H2,1H3/t8-,9-,11-/m1/s1. The fourth-order valence-corrected chi connectivity index (χ4v) is 3.22. The maximum atomic E-state index is 4.47. The van der Waals surface area contributed by atoms with Gasteiger partial charge in [-0.1, -0.05) is 13.0 Å². The summed E-state index contributed by atoms with van der Waals surface area (Å²) in [4.78, 5) is 4.47. The van der Waals surface area contributed by atoms with Crippen molar-refractivity contribution in [1.29, 1.82) is 0 Å². The minimum atomic E-state index is 0.846. The Morgan fingerprint density at radius 3 is 3.23 bits per heavy atom. The first-order valence-electron chi connectivity index (χ1n) is 5.28. The molecule has 1 fully saturated rings. The molecule has 0 unspecified atom stereocenters. The first kappa shape index (κ1) is 7.54. The third-order valence-electron chi connectivity index (χ3n) is 3.71. The summed E-state index contributed by atoms with van der Waals surface area (Å²) < 4.78 is 0. The zero-order valence-electron chi connectivity index (χ0n) is 8.03. The molecular weight excluding hydrogens is 158 g/mol. The predicted octanol–water partition coefficient (Wildman–Crippen LogP) is 2.77. The van der Waals surface area contributed by atoms with Crippen LogP contribution in [0.15, 0.2) is 18.3 Å². The third kappa shape index (κ3) is 1.03. The van der Waals surface area contributed by atoms with E-state index in [2.05, 4.69) is 24.0 Å². The van der Waals surface area contributed by atoms with E-state index in [1.165, 1.54) is 25.0 Å². The van der Waals surface area contributed by atoms with Gasteiger partial charge in [-0.05, 0) is 48.6 Å². The van der Waals surface area contributed by atoms with E-state index in [9.17, 15) is 0 Å². The van der Waals surface area contributed by atoms with Crippen LogP contribution in [0.3, 0.4) is 0 Å². The summed E-state index contributed by atoms with van der Waals surface area (Å²) >= 11 is 0. The highest BCUT2D eigenvalue weighted by Gasteiger charge is 2.39. The van der Waals surface area contributed by atoms with E-state index in [-0.39, 0.29) is 0 Å². The zero-order chi connectivity index (χ0) is 8.84. The molecule has 0 N–H and O–H groups in total. The zero-order valence-corrected chi connectivity index (χ0v) is 8.03. The number of hydrogen-bond acceptors (Lipinski definition) is 1. The number of hydrogen-bond donors (Lipinski definition) is 0. The molecule has 1 nitrogen and oxygen atoms in total. The van der Waals surface area contributed by atoms with Crippen molar-refractivity contribution in [3.05, 3.63) is 29.6 Å². The molecule has 0 bridgehead atoms. The molecule has 2 aliphatic rings. The first-order valence-corrected chi connectivity index (χ1v) is 5.28. The van der Waals surface area contributed by atoms with Crippen LogP contribution in [0, 0.1) is 11.8 Å². The summed E-state index contributed by atoms with van der Waals surface area (Å²) in [6, 6.07) is 4.37. The molecule has 1 heteroatoms. The van der Waals surface area contributed by atoms with Crippen LogP contribution in [0.2, 0.25) is 0 Å². The number of fused-ring (bicyclic) bond motifs is 3. The van der Waals surface area contributed by atoms with E-state index in [0.717, 1.165) is 17.8 Å². The molecule has 3 rings (SSSR count). The van der Waals surface area contributed by atoms with Gasteiger partial charge in [-0.3, -0.25) is 4.98 Å². The maximum absolute atomic E-state index is 4.47. The minimum Gasteiger partial charge on any atom is -0.261 e. The Hall–Kier alpha value is -0.850. The highest BCUT2D eigenvalue weighted by atomic mass is 14.7. The molecule has 0 radical (unpaired) electrons. The number of rotatable bonds is 0. The maximum Gasteiger partial charge on any atom is 0.0441 e. The van der Waals surface area contributed by atoms with E-state index < -0.39 is 0 Å². The Labute approximate surface area is 79.2 Å². The second-order valence-electron chi connectivity index (χ2n) is 4.69. The van der Waals surface area contributed by atoms with Crippen molar-refractivity contribution in [3.8, 4) is 0 Å². The van der Waals surface area contributed by atoms with Crippen molar-refractivity contribution < 1.29 is 0 Å². The van der Waals surface area contributed by atoms with Gasteiger partial charge in [-0.25, -0.2) is 0 Å². The molecule has 0 aliphatic heterocycles. The van der Waals surface area contributed by atoms with Gasteiger partial charge in [0.15, 0.2) is 0 Å². The second kappa shape index (κ2) is 2.57. The van der Waals surface area contributed by atoms with Crippen molar-refractivity contribution in [3.63, 3.8) is 0 Å². The lowest BCUT2D eigenvalue weighted by Gasteiger charge is -2.07. The van der Waals surface area contributed by atoms with Crippen molar-refractivity contribution in [2.75, 3.05) is 0 Å². The van der Waals surface area contributed by atoms with Gasteiger partial charge in [0.05, 0.1) is 0 Å². The van der Waals surface area contributed by atoms with Gasteiger partial charge in [-0.2, -0.15) is 0 Å². The van der Waals surface area contributed by atoms with E-state index in [1.807, 2.05) is 6.20 Å².